The van der Waals surface area contributed by atoms with Gasteiger partial charge in [-0.05, 0) is 26.0 Å². The van der Waals surface area contributed by atoms with E-state index in [9.17, 15) is 9.18 Å². The standard InChI is InChI=1S/C12H13ClFNO2/c1-12(2)7-17-15(11(12)16)6-8-9(13)4-3-5-10(8)14/h3-5H,6-7H2,1-2H3. The molecule has 0 atom stereocenters. The summed E-state index contributed by atoms with van der Waals surface area (Å²) in [7, 11) is 0. The molecule has 1 saturated heterocycles. The Morgan fingerprint density at radius 2 is 2.24 bits per heavy atom. The molecule has 1 aromatic carbocycles. The van der Waals surface area contributed by atoms with Crippen LogP contribution in [0.15, 0.2) is 18.2 Å². The maximum absolute atomic E-state index is 13.5. The molecule has 0 unspecified atom stereocenters. The second-order valence-corrected chi connectivity index (χ2v) is 5.11. The average molecular weight is 258 g/mol. The first-order valence-corrected chi connectivity index (χ1v) is 5.67. The molecule has 1 aromatic rings. The SMILES string of the molecule is CC1(C)CON(Cc2c(F)cccc2Cl)C1=O. The monoisotopic (exact) mass is 257 g/mol. The van der Waals surface area contributed by atoms with Crippen molar-refractivity contribution >= 4 is 17.5 Å². The van der Waals surface area contributed by atoms with Crippen molar-refractivity contribution in [2.24, 2.45) is 5.41 Å². The van der Waals surface area contributed by atoms with Gasteiger partial charge < -0.3 is 0 Å². The lowest BCUT2D eigenvalue weighted by atomic mass is 9.95. The highest BCUT2D eigenvalue weighted by molar-refractivity contribution is 6.31. The minimum absolute atomic E-state index is 0.0355. The number of hydrogen-bond acceptors (Lipinski definition) is 2. The van der Waals surface area contributed by atoms with Crippen molar-refractivity contribution < 1.29 is 14.0 Å². The minimum atomic E-state index is -0.558. The molecule has 0 bridgehead atoms. The molecule has 1 aliphatic heterocycles. The zero-order valence-electron chi connectivity index (χ0n) is 9.67. The fourth-order valence-corrected chi connectivity index (χ4v) is 1.86. The molecule has 0 radical (unpaired) electrons. The second kappa shape index (κ2) is 4.27. The Balaban J connectivity index is 2.21. The van der Waals surface area contributed by atoms with Crippen LogP contribution >= 0.6 is 11.6 Å². The highest BCUT2D eigenvalue weighted by Crippen LogP contribution is 2.30. The van der Waals surface area contributed by atoms with Crippen molar-refractivity contribution in [1.29, 1.82) is 0 Å². The summed E-state index contributed by atoms with van der Waals surface area (Å²) in [6, 6.07) is 4.43. The van der Waals surface area contributed by atoms with Crippen LogP contribution in [0, 0.1) is 11.2 Å². The zero-order chi connectivity index (χ0) is 12.6. The molecular formula is C12H13ClFNO2. The summed E-state index contributed by atoms with van der Waals surface area (Å²) in [5.41, 5.74) is -0.280. The predicted molar refractivity (Wildman–Crippen MR) is 61.7 cm³/mol. The van der Waals surface area contributed by atoms with E-state index >= 15 is 0 Å². The minimum Gasteiger partial charge on any atom is -0.272 e. The number of hydrogen-bond donors (Lipinski definition) is 0. The Kier molecular flexibility index (Phi) is 3.10. The summed E-state index contributed by atoms with van der Waals surface area (Å²) in [6.07, 6.45) is 0. The lowest BCUT2D eigenvalue weighted by Gasteiger charge is -2.17. The summed E-state index contributed by atoms with van der Waals surface area (Å²) in [5, 5.41) is 1.47. The van der Waals surface area contributed by atoms with Crippen molar-refractivity contribution in [2.45, 2.75) is 20.4 Å². The van der Waals surface area contributed by atoms with Crippen LogP contribution in [-0.2, 0) is 16.2 Å². The quantitative estimate of drug-likeness (QED) is 0.815. The lowest BCUT2D eigenvalue weighted by Crippen LogP contribution is -2.30. The number of halogens is 2. The van der Waals surface area contributed by atoms with Crippen molar-refractivity contribution in [3.63, 3.8) is 0 Å². The van der Waals surface area contributed by atoms with Crippen LogP contribution < -0.4 is 0 Å². The van der Waals surface area contributed by atoms with Crippen LogP contribution in [0.3, 0.4) is 0 Å². The highest BCUT2D eigenvalue weighted by Gasteiger charge is 2.40. The van der Waals surface area contributed by atoms with Gasteiger partial charge in [0.15, 0.2) is 0 Å². The van der Waals surface area contributed by atoms with E-state index in [1.807, 2.05) is 0 Å². The summed E-state index contributed by atoms with van der Waals surface area (Å²) in [4.78, 5) is 17.1. The van der Waals surface area contributed by atoms with Crippen LogP contribution in [0.25, 0.3) is 0 Å². The van der Waals surface area contributed by atoms with Crippen molar-refractivity contribution in [3.05, 3.63) is 34.6 Å². The maximum Gasteiger partial charge on any atom is 0.254 e. The van der Waals surface area contributed by atoms with Gasteiger partial charge in [-0.3, -0.25) is 9.63 Å². The Morgan fingerprint density at radius 1 is 1.53 bits per heavy atom. The Labute approximate surface area is 104 Å². The van der Waals surface area contributed by atoms with Gasteiger partial charge in [-0.1, -0.05) is 17.7 Å². The van der Waals surface area contributed by atoms with Crippen LogP contribution in [0.1, 0.15) is 19.4 Å². The van der Waals surface area contributed by atoms with Gasteiger partial charge in [0, 0.05) is 10.6 Å². The Morgan fingerprint density at radius 3 is 2.76 bits per heavy atom. The molecule has 5 heteroatoms. The normalized spacial score (nSPS) is 18.8. The fraction of sp³-hybridized carbons (Fsp3) is 0.417. The largest absolute Gasteiger partial charge is 0.272 e. The van der Waals surface area contributed by atoms with Crippen molar-refractivity contribution in [2.75, 3.05) is 6.61 Å². The third kappa shape index (κ3) is 2.28. The lowest BCUT2D eigenvalue weighted by molar-refractivity contribution is -0.165. The van der Waals surface area contributed by atoms with Gasteiger partial charge in [0.05, 0.1) is 18.6 Å². The van der Waals surface area contributed by atoms with E-state index in [1.54, 1.807) is 19.9 Å². The second-order valence-electron chi connectivity index (χ2n) is 4.70. The smallest absolute Gasteiger partial charge is 0.254 e. The molecule has 0 spiro atoms. The van der Waals surface area contributed by atoms with Gasteiger partial charge in [0.1, 0.15) is 5.82 Å². The fourth-order valence-electron chi connectivity index (χ4n) is 1.64. The van der Waals surface area contributed by atoms with Gasteiger partial charge in [-0.25, -0.2) is 9.45 Å². The number of rotatable bonds is 2. The molecule has 0 aliphatic carbocycles. The van der Waals surface area contributed by atoms with E-state index in [-0.39, 0.29) is 18.0 Å². The topological polar surface area (TPSA) is 29.5 Å². The summed E-state index contributed by atoms with van der Waals surface area (Å²) in [5.74, 6) is -0.588. The first kappa shape index (κ1) is 12.3. The van der Waals surface area contributed by atoms with E-state index in [0.29, 0.717) is 11.6 Å². The zero-order valence-corrected chi connectivity index (χ0v) is 10.4. The van der Waals surface area contributed by atoms with Crippen molar-refractivity contribution in [1.82, 2.24) is 5.06 Å². The molecule has 1 aliphatic rings. The first-order valence-electron chi connectivity index (χ1n) is 5.29. The van der Waals surface area contributed by atoms with Gasteiger partial charge in [0.2, 0.25) is 0 Å². The summed E-state index contributed by atoms with van der Waals surface area (Å²) in [6.45, 7) is 3.92. The van der Waals surface area contributed by atoms with E-state index in [4.69, 9.17) is 16.4 Å². The molecule has 3 nitrogen and oxygen atoms in total. The Hall–Kier alpha value is -1.13. The molecule has 0 aromatic heterocycles. The van der Waals surface area contributed by atoms with Crippen LogP contribution in [0.2, 0.25) is 5.02 Å². The number of carbonyl (C=O) groups excluding carboxylic acids is 1. The first-order chi connectivity index (χ1) is 7.92. The van der Waals surface area contributed by atoms with Crippen molar-refractivity contribution in [3.8, 4) is 0 Å². The van der Waals surface area contributed by atoms with E-state index in [1.165, 1.54) is 17.2 Å². The van der Waals surface area contributed by atoms with Gasteiger partial charge in [-0.15, -0.1) is 0 Å². The highest BCUT2D eigenvalue weighted by atomic mass is 35.5. The molecular weight excluding hydrogens is 245 g/mol. The number of hydroxylamine groups is 2. The number of nitrogens with zero attached hydrogens (tertiary/aromatic N) is 1. The van der Waals surface area contributed by atoms with E-state index in [2.05, 4.69) is 0 Å². The van der Waals surface area contributed by atoms with Crippen LogP contribution in [0.4, 0.5) is 4.39 Å². The molecule has 0 saturated carbocycles. The number of amides is 1. The predicted octanol–water partition coefficient (Wildman–Crippen LogP) is 2.78. The molecule has 17 heavy (non-hydrogen) atoms. The third-order valence-corrected chi connectivity index (χ3v) is 3.10. The molecule has 1 heterocycles. The number of benzene rings is 1. The summed E-state index contributed by atoms with van der Waals surface area (Å²) >= 11 is 5.89. The summed E-state index contributed by atoms with van der Waals surface area (Å²) < 4.78 is 13.5. The van der Waals surface area contributed by atoms with Gasteiger partial charge in [0.25, 0.3) is 5.91 Å². The average Bonchev–Trinajstić information content (AvgIpc) is 2.50. The van der Waals surface area contributed by atoms with Gasteiger partial charge >= 0.3 is 0 Å². The van der Waals surface area contributed by atoms with E-state index in [0.717, 1.165) is 0 Å². The number of carbonyl (C=O) groups is 1. The molecule has 1 amide bonds. The Bertz CT molecular complexity index is 442. The molecule has 92 valence electrons. The third-order valence-electron chi connectivity index (χ3n) is 2.75. The van der Waals surface area contributed by atoms with Gasteiger partial charge in [-0.2, -0.15) is 0 Å². The molecule has 2 rings (SSSR count). The van der Waals surface area contributed by atoms with Crippen LogP contribution in [-0.4, -0.2) is 17.6 Å². The van der Waals surface area contributed by atoms with E-state index < -0.39 is 11.2 Å². The van der Waals surface area contributed by atoms with Crippen LogP contribution in [0.5, 0.6) is 0 Å². The molecule has 0 N–H and O–H groups in total. The molecule has 1 fully saturated rings. The maximum atomic E-state index is 13.5.